The summed E-state index contributed by atoms with van der Waals surface area (Å²) in [6.07, 6.45) is 0. The van der Waals surface area contributed by atoms with Crippen LogP contribution in [-0.2, 0) is 0 Å². The van der Waals surface area contributed by atoms with Gasteiger partial charge in [0, 0.05) is 12.2 Å². The van der Waals surface area contributed by atoms with E-state index in [4.69, 9.17) is 5.73 Å². The molecule has 3 heteroatoms. The lowest BCUT2D eigenvalue weighted by molar-refractivity contribution is 0.616. The van der Waals surface area contributed by atoms with Crippen LogP contribution in [0, 0.1) is 19.7 Å². The minimum absolute atomic E-state index is 0.0135. The molecule has 0 spiro atoms. The SMILES string of the molecule is Cc1cc(C(CN)Nc2ccccc2C)ccc1F. The van der Waals surface area contributed by atoms with Crippen molar-refractivity contribution in [3.05, 3.63) is 65.0 Å². The number of hydrogen-bond acceptors (Lipinski definition) is 2. The van der Waals surface area contributed by atoms with Gasteiger partial charge in [-0.05, 0) is 42.7 Å². The van der Waals surface area contributed by atoms with Crippen LogP contribution in [0.4, 0.5) is 10.1 Å². The number of rotatable bonds is 4. The fraction of sp³-hybridized carbons (Fsp3) is 0.250. The molecule has 100 valence electrons. The summed E-state index contributed by atoms with van der Waals surface area (Å²) in [6.45, 7) is 4.27. The van der Waals surface area contributed by atoms with Crippen LogP contribution in [0.3, 0.4) is 0 Å². The van der Waals surface area contributed by atoms with Crippen LogP contribution in [0.2, 0.25) is 0 Å². The molecule has 0 saturated carbocycles. The summed E-state index contributed by atoms with van der Waals surface area (Å²) in [5.74, 6) is -0.185. The Morgan fingerprint density at radius 3 is 2.47 bits per heavy atom. The highest BCUT2D eigenvalue weighted by molar-refractivity contribution is 5.52. The molecule has 2 aromatic rings. The van der Waals surface area contributed by atoms with Gasteiger partial charge in [0.05, 0.1) is 6.04 Å². The van der Waals surface area contributed by atoms with Crippen molar-refractivity contribution >= 4 is 5.69 Å². The fourth-order valence-corrected chi connectivity index (χ4v) is 2.09. The third-order valence-corrected chi connectivity index (χ3v) is 3.29. The molecule has 0 aliphatic carbocycles. The van der Waals surface area contributed by atoms with Gasteiger partial charge in [0.25, 0.3) is 0 Å². The lowest BCUT2D eigenvalue weighted by Gasteiger charge is -2.20. The first-order valence-electron chi connectivity index (χ1n) is 6.40. The molecule has 0 heterocycles. The van der Waals surface area contributed by atoms with Crippen molar-refractivity contribution < 1.29 is 4.39 Å². The second-order valence-corrected chi connectivity index (χ2v) is 4.76. The summed E-state index contributed by atoms with van der Waals surface area (Å²) in [7, 11) is 0. The zero-order valence-corrected chi connectivity index (χ0v) is 11.3. The average molecular weight is 258 g/mol. The van der Waals surface area contributed by atoms with Gasteiger partial charge in [0.15, 0.2) is 0 Å². The van der Waals surface area contributed by atoms with Crippen molar-refractivity contribution in [2.45, 2.75) is 19.9 Å². The molecule has 2 aromatic carbocycles. The second-order valence-electron chi connectivity index (χ2n) is 4.76. The molecular weight excluding hydrogens is 239 g/mol. The Kier molecular flexibility index (Phi) is 4.17. The maximum absolute atomic E-state index is 13.3. The Hall–Kier alpha value is -1.87. The molecule has 0 bridgehead atoms. The Labute approximate surface area is 113 Å². The van der Waals surface area contributed by atoms with Crippen molar-refractivity contribution in [1.29, 1.82) is 0 Å². The maximum Gasteiger partial charge on any atom is 0.126 e. The second kappa shape index (κ2) is 5.85. The van der Waals surface area contributed by atoms with E-state index >= 15 is 0 Å². The van der Waals surface area contributed by atoms with E-state index in [0.717, 1.165) is 11.3 Å². The van der Waals surface area contributed by atoms with Crippen LogP contribution >= 0.6 is 0 Å². The molecule has 0 radical (unpaired) electrons. The molecule has 1 atom stereocenters. The molecule has 0 saturated heterocycles. The van der Waals surface area contributed by atoms with Crippen LogP contribution in [0.1, 0.15) is 22.7 Å². The number of hydrogen-bond donors (Lipinski definition) is 2. The van der Waals surface area contributed by atoms with Crippen molar-refractivity contribution in [3.63, 3.8) is 0 Å². The molecular formula is C16H19FN2. The van der Waals surface area contributed by atoms with Gasteiger partial charge in [-0.1, -0.05) is 30.3 Å². The van der Waals surface area contributed by atoms with Gasteiger partial charge in [-0.3, -0.25) is 0 Å². The maximum atomic E-state index is 13.3. The Bertz CT molecular complexity index is 566. The molecule has 0 fully saturated rings. The van der Waals surface area contributed by atoms with E-state index in [0.29, 0.717) is 12.1 Å². The molecule has 3 N–H and O–H groups in total. The molecule has 19 heavy (non-hydrogen) atoms. The predicted octanol–water partition coefficient (Wildman–Crippen LogP) is 3.55. The minimum atomic E-state index is -0.185. The van der Waals surface area contributed by atoms with Crippen molar-refractivity contribution in [1.82, 2.24) is 0 Å². The van der Waals surface area contributed by atoms with Crippen molar-refractivity contribution in [3.8, 4) is 0 Å². The molecule has 0 aliphatic heterocycles. The van der Waals surface area contributed by atoms with E-state index < -0.39 is 0 Å². The highest BCUT2D eigenvalue weighted by atomic mass is 19.1. The van der Waals surface area contributed by atoms with Crippen LogP contribution in [-0.4, -0.2) is 6.54 Å². The highest BCUT2D eigenvalue weighted by Gasteiger charge is 2.11. The van der Waals surface area contributed by atoms with Crippen molar-refractivity contribution in [2.75, 3.05) is 11.9 Å². The Balaban J connectivity index is 2.25. The first kappa shape index (κ1) is 13.6. The van der Waals surface area contributed by atoms with E-state index in [2.05, 4.69) is 5.32 Å². The first-order chi connectivity index (χ1) is 9.11. The number of aryl methyl sites for hydroxylation is 2. The fourth-order valence-electron chi connectivity index (χ4n) is 2.09. The smallest absolute Gasteiger partial charge is 0.126 e. The van der Waals surface area contributed by atoms with Crippen LogP contribution < -0.4 is 11.1 Å². The first-order valence-corrected chi connectivity index (χ1v) is 6.40. The van der Waals surface area contributed by atoms with E-state index in [-0.39, 0.29) is 11.9 Å². The standard InChI is InChI=1S/C16H19FN2/c1-11-5-3-4-6-15(11)19-16(10-18)13-7-8-14(17)12(2)9-13/h3-9,16,19H,10,18H2,1-2H3. The van der Waals surface area contributed by atoms with E-state index in [9.17, 15) is 4.39 Å². The van der Waals surface area contributed by atoms with Gasteiger partial charge >= 0.3 is 0 Å². The van der Waals surface area contributed by atoms with E-state index in [1.807, 2.05) is 37.3 Å². The van der Waals surface area contributed by atoms with Gasteiger partial charge in [-0.2, -0.15) is 0 Å². The summed E-state index contributed by atoms with van der Waals surface area (Å²) in [4.78, 5) is 0. The summed E-state index contributed by atoms with van der Waals surface area (Å²) in [6, 6.07) is 13.2. The zero-order chi connectivity index (χ0) is 13.8. The summed E-state index contributed by atoms with van der Waals surface area (Å²) >= 11 is 0. The quantitative estimate of drug-likeness (QED) is 0.880. The van der Waals surface area contributed by atoms with Gasteiger partial charge in [-0.15, -0.1) is 0 Å². The predicted molar refractivity (Wildman–Crippen MR) is 77.7 cm³/mol. The Morgan fingerprint density at radius 1 is 1.11 bits per heavy atom. The van der Waals surface area contributed by atoms with Gasteiger partial charge in [0.2, 0.25) is 0 Å². The molecule has 2 nitrogen and oxygen atoms in total. The van der Waals surface area contributed by atoms with Gasteiger partial charge in [-0.25, -0.2) is 4.39 Å². The number of halogens is 1. The zero-order valence-electron chi connectivity index (χ0n) is 11.3. The summed E-state index contributed by atoms with van der Waals surface area (Å²) in [5, 5.41) is 3.41. The van der Waals surface area contributed by atoms with Gasteiger partial charge in [0.1, 0.15) is 5.82 Å². The van der Waals surface area contributed by atoms with E-state index in [1.165, 1.54) is 11.6 Å². The minimum Gasteiger partial charge on any atom is -0.377 e. The monoisotopic (exact) mass is 258 g/mol. The van der Waals surface area contributed by atoms with Crippen LogP contribution in [0.15, 0.2) is 42.5 Å². The summed E-state index contributed by atoms with van der Waals surface area (Å²) in [5.41, 5.74) is 9.70. The molecule has 0 aliphatic rings. The van der Waals surface area contributed by atoms with Crippen LogP contribution in [0.25, 0.3) is 0 Å². The molecule has 0 amide bonds. The molecule has 1 unspecified atom stereocenters. The average Bonchev–Trinajstić information content (AvgIpc) is 2.41. The molecule has 2 rings (SSSR count). The lowest BCUT2D eigenvalue weighted by Crippen LogP contribution is -2.21. The summed E-state index contributed by atoms with van der Waals surface area (Å²) < 4.78 is 13.3. The number of nitrogens with one attached hydrogen (secondary N) is 1. The number of para-hydroxylation sites is 1. The molecule has 0 aromatic heterocycles. The number of benzene rings is 2. The third-order valence-electron chi connectivity index (χ3n) is 3.29. The Morgan fingerprint density at radius 2 is 1.84 bits per heavy atom. The third kappa shape index (κ3) is 3.12. The number of anilines is 1. The largest absolute Gasteiger partial charge is 0.377 e. The van der Waals surface area contributed by atoms with Gasteiger partial charge < -0.3 is 11.1 Å². The topological polar surface area (TPSA) is 38.0 Å². The normalized spacial score (nSPS) is 12.2. The highest BCUT2D eigenvalue weighted by Crippen LogP contribution is 2.23. The van der Waals surface area contributed by atoms with Crippen LogP contribution in [0.5, 0.6) is 0 Å². The van der Waals surface area contributed by atoms with Crippen molar-refractivity contribution in [2.24, 2.45) is 5.73 Å². The lowest BCUT2D eigenvalue weighted by atomic mass is 10.0. The van der Waals surface area contributed by atoms with E-state index in [1.54, 1.807) is 13.0 Å². The number of nitrogens with two attached hydrogens (primary N) is 1.